The lowest BCUT2D eigenvalue weighted by Crippen LogP contribution is -2.32. The summed E-state index contributed by atoms with van der Waals surface area (Å²) in [6, 6.07) is 23.4. The average Bonchev–Trinajstić information content (AvgIpc) is 3.74. The molecule has 0 unspecified atom stereocenters. The molecule has 3 heterocycles. The second kappa shape index (κ2) is 14.3. The van der Waals surface area contributed by atoms with Crippen LogP contribution in [0, 0.1) is 0 Å². The first-order valence-corrected chi connectivity index (χ1v) is 28.3. The van der Waals surface area contributed by atoms with E-state index in [1.165, 1.54) is 62.6 Å². The summed E-state index contributed by atoms with van der Waals surface area (Å²) in [7, 11) is -3.66. The van der Waals surface area contributed by atoms with Crippen molar-refractivity contribution in [2.24, 2.45) is 0 Å². The zero-order chi connectivity index (χ0) is 39.7. The van der Waals surface area contributed by atoms with Crippen molar-refractivity contribution in [1.29, 1.82) is 0 Å². The van der Waals surface area contributed by atoms with Gasteiger partial charge in [-0.3, -0.25) is 0 Å². The van der Waals surface area contributed by atoms with Crippen LogP contribution < -0.4 is 8.85 Å². The topological polar surface area (TPSA) is 18.5 Å². The molecule has 0 atom stereocenters. The maximum absolute atomic E-state index is 6.86. The molecule has 0 aliphatic heterocycles. The van der Waals surface area contributed by atoms with Crippen LogP contribution in [0.2, 0.25) is 39.3 Å². The van der Waals surface area contributed by atoms with Gasteiger partial charge >= 0.3 is 0 Å². The predicted molar refractivity (Wildman–Crippen MR) is 245 cm³/mol. The van der Waals surface area contributed by atoms with Crippen LogP contribution in [-0.2, 0) is 21.7 Å². The van der Waals surface area contributed by atoms with Gasteiger partial charge in [-0.2, -0.15) is 0 Å². The molecule has 5 aromatic rings. The number of hydrogen-bond donors (Lipinski definition) is 0. The predicted octanol–water partition coefficient (Wildman–Crippen LogP) is 16.2. The van der Waals surface area contributed by atoms with E-state index >= 15 is 0 Å². The first-order chi connectivity index (χ1) is 24.0. The third-order valence-corrected chi connectivity index (χ3v) is 14.5. The monoisotopic (exact) mass is 800 g/mol. The zero-order valence-electron chi connectivity index (χ0n) is 35.8. The number of rotatable bonds is 8. The van der Waals surface area contributed by atoms with Gasteiger partial charge in [-0.1, -0.05) is 83.1 Å². The second-order valence-corrected chi connectivity index (χ2v) is 32.8. The molecule has 0 amide bonds. The number of benzene rings is 2. The Bertz CT molecular complexity index is 1870. The van der Waals surface area contributed by atoms with Gasteiger partial charge in [0.1, 0.15) is 11.5 Å². The lowest BCUT2D eigenvalue weighted by molar-refractivity contribution is 0.477. The molecule has 0 radical (unpaired) electrons. The van der Waals surface area contributed by atoms with Gasteiger partial charge in [0, 0.05) is 29.3 Å². The minimum atomic E-state index is -1.83. The highest BCUT2D eigenvalue weighted by atomic mass is 32.1. The molecule has 0 saturated heterocycles. The molecule has 0 fully saturated rings. The van der Waals surface area contributed by atoms with E-state index in [9.17, 15) is 0 Å². The Morgan fingerprint density at radius 1 is 0.358 bits per heavy atom. The van der Waals surface area contributed by atoms with E-state index in [2.05, 4.69) is 183 Å². The first-order valence-electron chi connectivity index (χ1n) is 19.1. The van der Waals surface area contributed by atoms with E-state index in [-0.39, 0.29) is 21.7 Å². The minimum Gasteiger partial charge on any atom is -0.544 e. The van der Waals surface area contributed by atoms with Crippen molar-refractivity contribution in [2.75, 3.05) is 0 Å². The van der Waals surface area contributed by atoms with Crippen molar-refractivity contribution >= 4 is 50.6 Å². The largest absolute Gasteiger partial charge is 0.544 e. The van der Waals surface area contributed by atoms with Crippen LogP contribution in [0.4, 0.5) is 0 Å². The van der Waals surface area contributed by atoms with Crippen LogP contribution >= 0.6 is 34.0 Å². The molecule has 0 spiro atoms. The molecule has 2 nitrogen and oxygen atoms in total. The van der Waals surface area contributed by atoms with Gasteiger partial charge in [-0.15, -0.1) is 34.0 Å². The fourth-order valence-electron chi connectivity index (χ4n) is 6.46. The molecule has 53 heavy (non-hydrogen) atoms. The lowest BCUT2D eigenvalue weighted by Gasteiger charge is -2.34. The molecular weight excluding hydrogens is 737 g/mol. The smallest absolute Gasteiger partial charge is 0.242 e. The summed E-state index contributed by atoms with van der Waals surface area (Å²) < 4.78 is 13.7. The number of hydrogen-bond acceptors (Lipinski definition) is 5. The average molecular weight is 801 g/mol. The van der Waals surface area contributed by atoms with Gasteiger partial charge in [-0.25, -0.2) is 0 Å². The van der Waals surface area contributed by atoms with Crippen LogP contribution in [-0.4, -0.2) is 16.6 Å². The summed E-state index contributed by atoms with van der Waals surface area (Å²) in [6.45, 7) is 41.4. The van der Waals surface area contributed by atoms with Crippen molar-refractivity contribution < 1.29 is 8.85 Å². The van der Waals surface area contributed by atoms with Gasteiger partial charge in [-0.05, 0) is 155 Å². The summed E-state index contributed by atoms with van der Waals surface area (Å²) in [5, 5.41) is 0. The minimum absolute atomic E-state index is 0.0419. The van der Waals surface area contributed by atoms with E-state index in [4.69, 9.17) is 8.85 Å². The molecule has 0 aliphatic carbocycles. The quantitative estimate of drug-likeness (QED) is 0.146. The molecule has 0 bridgehead atoms. The SMILES string of the molecule is CC(C)(C)c1cc(-c2ccc(-c3ccc(-c4ccc(-c5cc(C(C)(C)C)c(O[Si](C)(C)C)c(C(C)(C)C)c5)s4)s3)s2)cc(C(C)(C)C)c1O[Si](C)(C)C. The Hall–Kier alpha value is -2.43. The van der Waals surface area contributed by atoms with Gasteiger partial charge in [0.25, 0.3) is 0 Å². The summed E-state index contributed by atoms with van der Waals surface area (Å²) in [5.41, 5.74) is 7.59. The van der Waals surface area contributed by atoms with Crippen LogP contribution in [0.5, 0.6) is 11.5 Å². The van der Waals surface area contributed by atoms with Gasteiger partial charge in [0.15, 0.2) is 0 Å². The number of thiophene rings is 3. The lowest BCUT2D eigenvalue weighted by atomic mass is 9.78. The molecule has 286 valence electrons. The molecular formula is C46H64O2S3Si2. The van der Waals surface area contributed by atoms with Crippen molar-refractivity contribution in [3.8, 4) is 51.9 Å². The van der Waals surface area contributed by atoms with Crippen molar-refractivity contribution in [3.05, 3.63) is 82.9 Å². The van der Waals surface area contributed by atoms with Crippen LogP contribution in [0.15, 0.2) is 60.7 Å². The highest BCUT2D eigenvalue weighted by Gasteiger charge is 2.33. The Labute approximate surface area is 336 Å². The van der Waals surface area contributed by atoms with Crippen molar-refractivity contribution in [1.82, 2.24) is 0 Å². The fraction of sp³-hybridized carbons (Fsp3) is 0.478. The third-order valence-electron chi connectivity index (χ3n) is 9.10. The normalized spacial score (nSPS) is 13.5. The van der Waals surface area contributed by atoms with Crippen molar-refractivity contribution in [3.63, 3.8) is 0 Å². The summed E-state index contributed by atoms with van der Waals surface area (Å²) >= 11 is 5.68. The highest BCUT2D eigenvalue weighted by Crippen LogP contribution is 2.49. The van der Waals surface area contributed by atoms with E-state index < -0.39 is 16.6 Å². The maximum atomic E-state index is 6.86. The fourth-order valence-corrected chi connectivity index (χ4v) is 11.3. The van der Waals surface area contributed by atoms with Crippen LogP contribution in [0.1, 0.15) is 105 Å². The van der Waals surface area contributed by atoms with Crippen LogP contribution in [0.25, 0.3) is 40.4 Å². The molecule has 7 heteroatoms. The summed E-state index contributed by atoms with van der Waals surface area (Å²) in [4.78, 5) is 7.86. The van der Waals surface area contributed by atoms with Gasteiger partial charge < -0.3 is 8.85 Å². The standard InChI is InChI=1S/C46H64O2S3Si2/c1-43(2,3)31-25-29(26-32(44(4,5)6)41(31)47-52(13,14)15)35-19-21-37(49-35)39-23-24-40(51-39)38-22-20-36(50-38)30-27-33(45(7,8)9)42(48-53(16,17)18)34(28-30)46(10,11)12/h19-28H,1-18H3. The van der Waals surface area contributed by atoms with Crippen molar-refractivity contribution in [2.45, 2.75) is 144 Å². The molecule has 0 aliphatic rings. The zero-order valence-corrected chi connectivity index (χ0v) is 40.3. The summed E-state index contributed by atoms with van der Waals surface area (Å²) in [5.74, 6) is 2.20. The second-order valence-electron chi connectivity index (χ2n) is 20.7. The third kappa shape index (κ3) is 9.88. The Kier molecular flexibility index (Phi) is 11.2. The van der Waals surface area contributed by atoms with E-state index in [1.54, 1.807) is 0 Å². The molecule has 0 saturated carbocycles. The molecule has 5 rings (SSSR count). The van der Waals surface area contributed by atoms with E-state index in [0.29, 0.717) is 0 Å². The highest BCUT2D eigenvalue weighted by molar-refractivity contribution is 7.27. The Balaban J connectivity index is 1.51. The van der Waals surface area contributed by atoms with Gasteiger partial charge in [0.2, 0.25) is 16.6 Å². The molecule has 0 N–H and O–H groups in total. The maximum Gasteiger partial charge on any atom is 0.242 e. The Morgan fingerprint density at radius 3 is 0.774 bits per heavy atom. The molecule has 2 aromatic carbocycles. The van der Waals surface area contributed by atoms with Gasteiger partial charge in [0.05, 0.1) is 0 Å². The first kappa shape index (κ1) is 41.7. The van der Waals surface area contributed by atoms with Crippen LogP contribution in [0.3, 0.4) is 0 Å². The van der Waals surface area contributed by atoms with E-state index in [1.807, 2.05) is 34.0 Å². The molecule has 3 aromatic heterocycles. The summed E-state index contributed by atoms with van der Waals surface area (Å²) in [6.07, 6.45) is 0. The van der Waals surface area contributed by atoms with E-state index in [0.717, 1.165) is 11.5 Å². The Morgan fingerprint density at radius 2 is 0.566 bits per heavy atom.